The standard InChI is InChI=1S/C12H18N2O2/c1-8(14-12(16)9(2)13-3)10-5-4-6-11(15)7-10/h4-9,13,15H,1-3H3,(H,14,16). The Labute approximate surface area is 95.7 Å². The molecule has 2 unspecified atom stereocenters. The van der Waals surface area contributed by atoms with Crippen LogP contribution >= 0.6 is 0 Å². The van der Waals surface area contributed by atoms with Crippen LogP contribution in [-0.2, 0) is 4.79 Å². The van der Waals surface area contributed by atoms with Gasteiger partial charge >= 0.3 is 0 Å². The molecule has 1 aromatic carbocycles. The summed E-state index contributed by atoms with van der Waals surface area (Å²) >= 11 is 0. The van der Waals surface area contributed by atoms with Crippen LogP contribution in [0.1, 0.15) is 25.5 Å². The Morgan fingerprint density at radius 3 is 2.62 bits per heavy atom. The molecule has 0 radical (unpaired) electrons. The second-order valence-electron chi connectivity index (χ2n) is 3.84. The van der Waals surface area contributed by atoms with Crippen molar-refractivity contribution in [2.45, 2.75) is 25.9 Å². The van der Waals surface area contributed by atoms with Crippen LogP contribution in [-0.4, -0.2) is 24.1 Å². The molecule has 0 spiro atoms. The first-order chi connectivity index (χ1) is 7.54. The summed E-state index contributed by atoms with van der Waals surface area (Å²) in [6, 6.07) is 6.54. The van der Waals surface area contributed by atoms with Crippen LogP contribution in [0.4, 0.5) is 0 Å². The van der Waals surface area contributed by atoms with Gasteiger partial charge in [0.05, 0.1) is 12.1 Å². The zero-order valence-corrected chi connectivity index (χ0v) is 9.82. The highest BCUT2D eigenvalue weighted by Gasteiger charge is 2.14. The summed E-state index contributed by atoms with van der Waals surface area (Å²) in [4.78, 5) is 11.6. The van der Waals surface area contributed by atoms with Crippen molar-refractivity contribution in [1.29, 1.82) is 0 Å². The van der Waals surface area contributed by atoms with E-state index in [1.165, 1.54) is 0 Å². The molecule has 0 aromatic heterocycles. The summed E-state index contributed by atoms with van der Waals surface area (Å²) in [5.41, 5.74) is 0.886. The zero-order valence-electron chi connectivity index (χ0n) is 9.82. The Hall–Kier alpha value is -1.55. The first-order valence-electron chi connectivity index (χ1n) is 5.31. The lowest BCUT2D eigenvalue weighted by molar-refractivity contribution is -0.123. The predicted octanol–water partition coefficient (Wildman–Crippen LogP) is 1.18. The second kappa shape index (κ2) is 5.51. The number of likely N-dealkylation sites (N-methyl/N-ethyl adjacent to an activating group) is 1. The van der Waals surface area contributed by atoms with Crippen LogP contribution in [0.3, 0.4) is 0 Å². The fourth-order valence-electron chi connectivity index (χ4n) is 1.35. The maximum Gasteiger partial charge on any atom is 0.237 e. The van der Waals surface area contributed by atoms with Crippen LogP contribution < -0.4 is 10.6 Å². The Morgan fingerprint density at radius 1 is 1.38 bits per heavy atom. The summed E-state index contributed by atoms with van der Waals surface area (Å²) in [5, 5.41) is 15.1. The average molecular weight is 222 g/mol. The second-order valence-corrected chi connectivity index (χ2v) is 3.84. The van der Waals surface area contributed by atoms with Gasteiger partial charge in [0.1, 0.15) is 5.75 Å². The molecule has 0 aliphatic carbocycles. The molecule has 0 bridgehead atoms. The summed E-state index contributed by atoms with van der Waals surface area (Å²) in [5.74, 6) is 0.151. The van der Waals surface area contributed by atoms with Crippen LogP contribution in [0.2, 0.25) is 0 Å². The predicted molar refractivity (Wildman–Crippen MR) is 63.2 cm³/mol. The van der Waals surface area contributed by atoms with Gasteiger partial charge in [-0.2, -0.15) is 0 Å². The Kier molecular flexibility index (Phi) is 4.31. The highest BCUT2D eigenvalue weighted by molar-refractivity contribution is 5.81. The van der Waals surface area contributed by atoms with Gasteiger partial charge in [-0.05, 0) is 38.6 Å². The number of phenols is 1. The van der Waals surface area contributed by atoms with Gasteiger partial charge in [0.25, 0.3) is 0 Å². The quantitative estimate of drug-likeness (QED) is 0.717. The highest BCUT2D eigenvalue weighted by Crippen LogP contribution is 2.17. The van der Waals surface area contributed by atoms with Gasteiger partial charge in [-0.1, -0.05) is 12.1 Å². The van der Waals surface area contributed by atoms with Crippen molar-refractivity contribution in [3.63, 3.8) is 0 Å². The Morgan fingerprint density at radius 2 is 2.06 bits per heavy atom. The number of hydrogen-bond acceptors (Lipinski definition) is 3. The van der Waals surface area contributed by atoms with Crippen molar-refractivity contribution in [3.05, 3.63) is 29.8 Å². The van der Waals surface area contributed by atoms with E-state index in [1.54, 1.807) is 32.2 Å². The minimum atomic E-state index is -0.222. The number of nitrogens with one attached hydrogen (secondary N) is 2. The van der Waals surface area contributed by atoms with Gasteiger partial charge in [-0.15, -0.1) is 0 Å². The smallest absolute Gasteiger partial charge is 0.237 e. The number of carbonyl (C=O) groups excluding carboxylic acids is 1. The fraction of sp³-hybridized carbons (Fsp3) is 0.417. The van der Waals surface area contributed by atoms with Gasteiger partial charge in [0.15, 0.2) is 0 Å². The lowest BCUT2D eigenvalue weighted by Gasteiger charge is -2.17. The number of hydrogen-bond donors (Lipinski definition) is 3. The van der Waals surface area contributed by atoms with Gasteiger partial charge < -0.3 is 15.7 Å². The molecule has 0 aliphatic heterocycles. The van der Waals surface area contributed by atoms with Crippen molar-refractivity contribution < 1.29 is 9.90 Å². The molecular formula is C12H18N2O2. The van der Waals surface area contributed by atoms with Gasteiger partial charge in [0.2, 0.25) is 5.91 Å². The molecule has 1 aromatic rings. The molecule has 0 fully saturated rings. The highest BCUT2D eigenvalue weighted by atomic mass is 16.3. The van der Waals surface area contributed by atoms with E-state index in [0.29, 0.717) is 0 Å². The molecule has 1 amide bonds. The first kappa shape index (κ1) is 12.5. The Bertz CT molecular complexity index is 366. The molecule has 2 atom stereocenters. The molecule has 88 valence electrons. The number of amides is 1. The fourth-order valence-corrected chi connectivity index (χ4v) is 1.35. The van der Waals surface area contributed by atoms with Crippen molar-refractivity contribution in [2.75, 3.05) is 7.05 Å². The number of aromatic hydroxyl groups is 1. The normalized spacial score (nSPS) is 14.2. The van der Waals surface area contributed by atoms with Crippen molar-refractivity contribution in [2.24, 2.45) is 0 Å². The third-order valence-electron chi connectivity index (χ3n) is 2.56. The van der Waals surface area contributed by atoms with Crippen LogP contribution in [0, 0.1) is 0 Å². The van der Waals surface area contributed by atoms with E-state index >= 15 is 0 Å². The van der Waals surface area contributed by atoms with E-state index in [-0.39, 0.29) is 23.7 Å². The van der Waals surface area contributed by atoms with E-state index in [1.807, 2.05) is 13.0 Å². The molecule has 4 nitrogen and oxygen atoms in total. The molecule has 0 saturated heterocycles. The molecule has 16 heavy (non-hydrogen) atoms. The van der Waals surface area contributed by atoms with Crippen LogP contribution in [0.5, 0.6) is 5.75 Å². The van der Waals surface area contributed by atoms with Gasteiger partial charge in [-0.3, -0.25) is 4.79 Å². The van der Waals surface area contributed by atoms with Crippen molar-refractivity contribution >= 4 is 5.91 Å². The lowest BCUT2D eigenvalue weighted by atomic mass is 10.1. The molecule has 0 saturated carbocycles. The largest absolute Gasteiger partial charge is 0.508 e. The molecule has 3 N–H and O–H groups in total. The van der Waals surface area contributed by atoms with Crippen molar-refractivity contribution in [1.82, 2.24) is 10.6 Å². The van der Waals surface area contributed by atoms with Crippen molar-refractivity contribution in [3.8, 4) is 5.75 Å². The third kappa shape index (κ3) is 3.24. The zero-order chi connectivity index (χ0) is 12.1. The average Bonchev–Trinajstić information content (AvgIpc) is 2.27. The summed E-state index contributed by atoms with van der Waals surface area (Å²) in [6.07, 6.45) is 0. The number of benzene rings is 1. The van der Waals surface area contributed by atoms with Gasteiger partial charge in [-0.25, -0.2) is 0 Å². The van der Waals surface area contributed by atoms with E-state index in [9.17, 15) is 9.90 Å². The number of carbonyl (C=O) groups is 1. The minimum Gasteiger partial charge on any atom is -0.508 e. The first-order valence-corrected chi connectivity index (χ1v) is 5.31. The molecule has 4 heteroatoms. The van der Waals surface area contributed by atoms with E-state index < -0.39 is 0 Å². The van der Waals surface area contributed by atoms with Crippen LogP contribution in [0.15, 0.2) is 24.3 Å². The topological polar surface area (TPSA) is 61.4 Å². The molecular weight excluding hydrogens is 204 g/mol. The monoisotopic (exact) mass is 222 g/mol. The maximum absolute atomic E-state index is 11.6. The number of phenolic OH excluding ortho intramolecular Hbond substituents is 1. The third-order valence-corrected chi connectivity index (χ3v) is 2.56. The van der Waals surface area contributed by atoms with E-state index in [4.69, 9.17) is 0 Å². The maximum atomic E-state index is 11.6. The van der Waals surface area contributed by atoms with Gasteiger partial charge in [0, 0.05) is 0 Å². The summed E-state index contributed by atoms with van der Waals surface area (Å²) in [6.45, 7) is 3.68. The van der Waals surface area contributed by atoms with E-state index in [0.717, 1.165) is 5.56 Å². The molecule has 0 aliphatic rings. The number of rotatable bonds is 4. The molecule has 0 heterocycles. The van der Waals surface area contributed by atoms with Crippen LogP contribution in [0.25, 0.3) is 0 Å². The van der Waals surface area contributed by atoms with E-state index in [2.05, 4.69) is 10.6 Å². The summed E-state index contributed by atoms with van der Waals surface area (Å²) < 4.78 is 0. The minimum absolute atomic E-state index is 0.0571. The Balaban J connectivity index is 2.65. The lowest BCUT2D eigenvalue weighted by Crippen LogP contribution is -2.41. The summed E-state index contributed by atoms with van der Waals surface area (Å²) in [7, 11) is 1.74. The molecule has 1 rings (SSSR count). The SMILES string of the molecule is CNC(C)C(=O)NC(C)c1cccc(O)c1.